The van der Waals surface area contributed by atoms with Crippen LogP contribution < -0.4 is 5.56 Å². The van der Waals surface area contributed by atoms with Crippen LogP contribution in [0.4, 0.5) is 11.4 Å². The largest absolute Gasteiger partial charge is 0.505 e. The number of benzene rings is 3. The van der Waals surface area contributed by atoms with E-state index < -0.39 is 0 Å². The highest BCUT2D eigenvalue weighted by Gasteiger charge is 2.15. The third-order valence-corrected chi connectivity index (χ3v) is 6.54. The second-order valence-corrected chi connectivity index (χ2v) is 8.99. The molecule has 1 aromatic heterocycles. The highest BCUT2D eigenvalue weighted by atomic mass is 32.1. The van der Waals surface area contributed by atoms with E-state index in [0.29, 0.717) is 16.9 Å². The predicted molar refractivity (Wildman–Crippen MR) is 141 cm³/mol. The normalized spacial score (nSPS) is 12.3. The highest BCUT2D eigenvalue weighted by molar-refractivity contribution is 7.96. The van der Waals surface area contributed by atoms with Gasteiger partial charge in [0.15, 0.2) is 16.6 Å². The van der Waals surface area contributed by atoms with Crippen LogP contribution in [0.1, 0.15) is 35.2 Å². The number of aromatic amines is 1. The van der Waals surface area contributed by atoms with Crippen molar-refractivity contribution in [1.29, 1.82) is 0 Å². The smallest absolute Gasteiger partial charge is 0.299 e. The fraction of sp³-hybridized carbons (Fsp3) is 0.185. The third kappa shape index (κ3) is 4.83. The quantitative estimate of drug-likeness (QED) is 0.216. The molecule has 3 aromatic carbocycles. The Hall–Kier alpha value is -3.91. The summed E-state index contributed by atoms with van der Waals surface area (Å²) in [5.41, 5.74) is 5.74. The molecule has 0 amide bonds. The van der Waals surface area contributed by atoms with Gasteiger partial charge in [0, 0.05) is 5.56 Å². The lowest BCUT2D eigenvalue weighted by molar-refractivity contribution is -0.111. The number of phenolic OH excluding ortho intramolecular Hbond substituents is 1. The number of thiol groups is 1. The summed E-state index contributed by atoms with van der Waals surface area (Å²) >= 11 is 3.90. The summed E-state index contributed by atoms with van der Waals surface area (Å²) in [6.45, 7) is 7.55. The molecular formula is C27H26N4O3S. The Kier molecular flexibility index (Phi) is 6.75. The van der Waals surface area contributed by atoms with Crippen molar-refractivity contribution in [3.63, 3.8) is 0 Å². The zero-order valence-electron chi connectivity index (χ0n) is 19.9. The van der Waals surface area contributed by atoms with Crippen LogP contribution in [0.3, 0.4) is 0 Å². The van der Waals surface area contributed by atoms with Crippen molar-refractivity contribution in [2.75, 3.05) is 0 Å². The number of carbonyl (C=O) groups excluding carboxylic acids is 1. The van der Waals surface area contributed by atoms with E-state index in [0.717, 1.165) is 22.3 Å². The van der Waals surface area contributed by atoms with Gasteiger partial charge in [0.25, 0.3) is 5.56 Å². The van der Waals surface area contributed by atoms with Crippen LogP contribution in [0.15, 0.2) is 75.7 Å². The predicted octanol–water partition coefficient (Wildman–Crippen LogP) is 6.44. The number of rotatable bonds is 6. The average Bonchev–Trinajstić information content (AvgIpc) is 3.13. The minimum atomic E-state index is -0.325. The van der Waals surface area contributed by atoms with Crippen LogP contribution in [-0.4, -0.2) is 20.0 Å². The number of carbonyl (C=O) groups is 1. The highest BCUT2D eigenvalue weighted by Crippen LogP contribution is 2.38. The van der Waals surface area contributed by atoms with E-state index in [9.17, 15) is 14.7 Å². The van der Waals surface area contributed by atoms with Gasteiger partial charge in [-0.25, -0.2) is 4.68 Å². The topological polar surface area (TPSA) is 99.8 Å². The zero-order chi connectivity index (χ0) is 25.3. The van der Waals surface area contributed by atoms with E-state index in [-0.39, 0.29) is 33.7 Å². The average molecular weight is 487 g/mol. The summed E-state index contributed by atoms with van der Waals surface area (Å²) in [5, 5.41) is 22.0. The van der Waals surface area contributed by atoms with Gasteiger partial charge in [0.1, 0.15) is 5.69 Å². The molecule has 4 rings (SSSR count). The number of nitrogens with zero attached hydrogens (tertiary/aromatic N) is 3. The fourth-order valence-corrected chi connectivity index (χ4v) is 3.89. The van der Waals surface area contributed by atoms with Gasteiger partial charge in [-0.3, -0.25) is 14.7 Å². The van der Waals surface area contributed by atoms with Crippen molar-refractivity contribution >= 4 is 29.1 Å². The van der Waals surface area contributed by atoms with Crippen molar-refractivity contribution in [3.8, 4) is 22.6 Å². The van der Waals surface area contributed by atoms with Crippen molar-refractivity contribution in [1.82, 2.24) is 9.78 Å². The van der Waals surface area contributed by atoms with E-state index in [1.165, 1.54) is 4.68 Å². The number of aromatic nitrogens is 2. The zero-order valence-corrected chi connectivity index (χ0v) is 20.8. The van der Waals surface area contributed by atoms with Crippen LogP contribution in [0.5, 0.6) is 5.75 Å². The van der Waals surface area contributed by atoms with Gasteiger partial charge in [-0.2, -0.15) is 0 Å². The SMILES string of the molecule is Cc1ccc(-n2[nH]c(C)c(N=Nc3cccc(-c4ccc(C(C)C(=O)S)cc4)c3O)c2=O)cc1C. The lowest BCUT2D eigenvalue weighted by atomic mass is 9.97. The second-order valence-electron chi connectivity index (χ2n) is 8.55. The van der Waals surface area contributed by atoms with Gasteiger partial charge in [0.05, 0.1) is 17.3 Å². The molecule has 0 saturated heterocycles. The molecule has 1 atom stereocenters. The first-order valence-electron chi connectivity index (χ1n) is 11.1. The van der Waals surface area contributed by atoms with E-state index in [4.69, 9.17) is 0 Å². The van der Waals surface area contributed by atoms with E-state index in [1.54, 1.807) is 32.0 Å². The van der Waals surface area contributed by atoms with Gasteiger partial charge in [-0.15, -0.1) is 22.9 Å². The molecule has 0 fully saturated rings. The van der Waals surface area contributed by atoms with Crippen molar-refractivity contribution in [2.45, 2.75) is 33.6 Å². The Bertz CT molecular complexity index is 1500. The maximum absolute atomic E-state index is 13.0. The Labute approximate surface area is 208 Å². The molecule has 8 heteroatoms. The van der Waals surface area contributed by atoms with Crippen LogP contribution in [0, 0.1) is 20.8 Å². The number of hydrogen-bond donors (Lipinski definition) is 3. The molecule has 0 bridgehead atoms. The van der Waals surface area contributed by atoms with Crippen molar-refractivity contribution in [3.05, 3.63) is 93.4 Å². The number of H-pyrrole nitrogens is 1. The van der Waals surface area contributed by atoms with E-state index in [2.05, 4.69) is 28.0 Å². The molecule has 0 aliphatic carbocycles. The first-order valence-corrected chi connectivity index (χ1v) is 11.6. The number of azo groups is 1. The van der Waals surface area contributed by atoms with Crippen molar-refractivity contribution < 1.29 is 9.90 Å². The maximum Gasteiger partial charge on any atom is 0.299 e. The fourth-order valence-electron chi connectivity index (χ4n) is 3.74. The Morgan fingerprint density at radius 3 is 2.37 bits per heavy atom. The van der Waals surface area contributed by atoms with Crippen LogP contribution >= 0.6 is 12.6 Å². The van der Waals surface area contributed by atoms with Gasteiger partial charge in [-0.05, 0) is 61.2 Å². The first-order chi connectivity index (χ1) is 16.7. The monoisotopic (exact) mass is 486 g/mol. The molecule has 2 N–H and O–H groups in total. The first kappa shape index (κ1) is 24.2. The van der Waals surface area contributed by atoms with E-state index >= 15 is 0 Å². The molecular weight excluding hydrogens is 460 g/mol. The molecule has 7 nitrogen and oxygen atoms in total. The summed E-state index contributed by atoms with van der Waals surface area (Å²) in [6.07, 6.45) is 0. The third-order valence-electron chi connectivity index (χ3n) is 6.15. The number of hydrogen-bond acceptors (Lipinski definition) is 5. The maximum atomic E-state index is 13.0. The van der Waals surface area contributed by atoms with Gasteiger partial charge in [0.2, 0.25) is 0 Å². The lowest BCUT2D eigenvalue weighted by Gasteiger charge is -2.10. The molecule has 0 spiro atoms. The molecule has 178 valence electrons. The van der Waals surface area contributed by atoms with Crippen LogP contribution in [0.2, 0.25) is 0 Å². The number of nitrogens with one attached hydrogen (secondary N) is 1. The Morgan fingerprint density at radius 1 is 1.00 bits per heavy atom. The summed E-state index contributed by atoms with van der Waals surface area (Å²) in [6, 6.07) is 18.2. The van der Waals surface area contributed by atoms with Gasteiger partial charge < -0.3 is 5.11 Å². The van der Waals surface area contributed by atoms with Crippen LogP contribution in [0.25, 0.3) is 16.8 Å². The standard InChI is InChI=1S/C27H26N4O3S/c1-15-8-13-21(14-16(15)2)31-26(33)24(18(4)30-31)29-28-23-7-5-6-22(25(23)32)20-11-9-19(10-12-20)17(3)27(34)35/h5-14,17,30,32H,1-4H3,(H,34,35). The molecule has 0 saturated carbocycles. The van der Waals surface area contributed by atoms with Gasteiger partial charge >= 0.3 is 0 Å². The number of phenols is 1. The minimum absolute atomic E-state index is 0.0509. The second kappa shape index (κ2) is 9.76. The molecule has 0 aliphatic rings. The number of para-hydroxylation sites is 1. The summed E-state index contributed by atoms with van der Waals surface area (Å²) in [7, 11) is 0. The molecule has 0 radical (unpaired) electrons. The molecule has 35 heavy (non-hydrogen) atoms. The van der Waals surface area contributed by atoms with Gasteiger partial charge in [-0.1, -0.05) is 49.4 Å². The molecule has 1 unspecified atom stereocenters. The summed E-state index contributed by atoms with van der Waals surface area (Å²) < 4.78 is 1.44. The summed E-state index contributed by atoms with van der Waals surface area (Å²) in [5.74, 6) is -0.372. The molecule has 0 aliphatic heterocycles. The van der Waals surface area contributed by atoms with Crippen LogP contribution in [-0.2, 0) is 4.79 Å². The lowest BCUT2D eigenvalue weighted by Crippen LogP contribution is -2.14. The summed E-state index contributed by atoms with van der Waals surface area (Å²) in [4.78, 5) is 24.5. The molecule has 1 heterocycles. The Morgan fingerprint density at radius 2 is 1.71 bits per heavy atom. The van der Waals surface area contributed by atoms with E-state index in [1.807, 2.05) is 56.3 Å². The molecule has 4 aromatic rings. The number of aryl methyl sites for hydroxylation is 3. The van der Waals surface area contributed by atoms with Crippen molar-refractivity contribution in [2.24, 2.45) is 10.2 Å². The minimum Gasteiger partial charge on any atom is -0.505 e. The number of aromatic hydroxyl groups is 1. The Balaban J connectivity index is 1.65.